The first-order chi connectivity index (χ1) is 16.0. The summed E-state index contributed by atoms with van der Waals surface area (Å²) in [4.78, 5) is 12.0. The summed E-state index contributed by atoms with van der Waals surface area (Å²) in [5, 5.41) is 0. The normalized spacial score (nSPS) is 12.6. The van der Waals surface area contributed by atoms with E-state index in [9.17, 15) is 13.2 Å². The molecule has 0 N–H and O–H groups in total. The average molecular weight is 471 g/mol. The molecule has 4 heteroatoms. The summed E-state index contributed by atoms with van der Waals surface area (Å²) in [7, 11) is -3.81. The molecule has 34 heavy (non-hydrogen) atoms. The van der Waals surface area contributed by atoms with Gasteiger partial charge in [0, 0.05) is 0 Å². The van der Waals surface area contributed by atoms with Gasteiger partial charge in [-0.15, -0.1) is 0 Å². The highest BCUT2D eigenvalue weighted by Gasteiger charge is 2.23. The molecule has 3 aromatic carbocycles. The third kappa shape index (κ3) is 5.02. The monoisotopic (exact) mass is 470 g/mol. The van der Waals surface area contributed by atoms with Crippen LogP contribution in [0.3, 0.4) is 0 Å². The van der Waals surface area contributed by atoms with Crippen molar-refractivity contribution in [1.82, 2.24) is 0 Å². The molecule has 0 saturated heterocycles. The summed E-state index contributed by atoms with van der Waals surface area (Å²) in [6.07, 6.45) is 2.51. The van der Waals surface area contributed by atoms with Crippen molar-refractivity contribution in [1.29, 1.82) is 0 Å². The lowest BCUT2D eigenvalue weighted by Gasteiger charge is -2.19. The van der Waals surface area contributed by atoms with E-state index in [0.717, 1.165) is 34.1 Å². The molecule has 0 fully saturated rings. The van der Waals surface area contributed by atoms with Gasteiger partial charge >= 0.3 is 0 Å². The number of hydrogen-bond donors (Lipinski definition) is 0. The fraction of sp³-hybridized carbons (Fsp3) is 0.167. The van der Waals surface area contributed by atoms with Gasteiger partial charge in [-0.1, -0.05) is 94.6 Å². The quantitative estimate of drug-likeness (QED) is 0.273. The lowest BCUT2D eigenvalue weighted by Crippen LogP contribution is -2.11. The molecule has 0 bridgehead atoms. The van der Waals surface area contributed by atoms with Crippen LogP contribution >= 0.6 is 0 Å². The molecule has 0 aromatic heterocycles. The first-order valence-electron chi connectivity index (χ1n) is 11.0. The van der Waals surface area contributed by atoms with Crippen molar-refractivity contribution in [2.75, 3.05) is 0 Å². The van der Waals surface area contributed by atoms with E-state index in [-0.39, 0.29) is 15.2 Å². The Morgan fingerprint density at radius 1 is 0.882 bits per heavy atom. The van der Waals surface area contributed by atoms with Gasteiger partial charge in [-0.2, -0.15) is 0 Å². The molecule has 0 atom stereocenters. The Hall–Kier alpha value is -3.50. The average Bonchev–Trinajstić information content (AvgIpc) is 2.83. The van der Waals surface area contributed by atoms with Crippen LogP contribution in [0.15, 0.2) is 96.4 Å². The van der Waals surface area contributed by atoms with E-state index in [1.165, 1.54) is 0 Å². The highest BCUT2D eigenvalue weighted by molar-refractivity contribution is 8.00. The number of sulfone groups is 1. The van der Waals surface area contributed by atoms with Crippen LogP contribution < -0.4 is 0 Å². The molecule has 0 amide bonds. The van der Waals surface area contributed by atoms with Gasteiger partial charge in [0.15, 0.2) is 0 Å². The maximum atomic E-state index is 13.4. The second-order valence-electron chi connectivity index (χ2n) is 9.25. The number of benzene rings is 3. The number of hydrogen-bond acceptors (Lipinski definition) is 3. The van der Waals surface area contributed by atoms with Crippen LogP contribution in [-0.2, 0) is 20.0 Å². The van der Waals surface area contributed by atoms with Gasteiger partial charge in [0.2, 0.25) is 9.84 Å². The van der Waals surface area contributed by atoms with E-state index in [1.807, 2.05) is 48.5 Å². The molecule has 3 rings (SSSR count). The van der Waals surface area contributed by atoms with Crippen LogP contribution in [0.25, 0.3) is 16.6 Å². The maximum absolute atomic E-state index is 13.4. The number of allylic oxidation sites excluding steroid dienone is 1. The second-order valence-corrected chi connectivity index (χ2v) is 11.2. The largest absolute Gasteiger partial charge is 0.298 e. The van der Waals surface area contributed by atoms with E-state index in [0.29, 0.717) is 11.1 Å². The standard InChI is InChI=1S/C30H30O3S/c1-7-23-13-14-25(19-28(23)29(21(2)20-31)24-11-9-8-10-12-24)22(3)34(32,33)27-17-15-26(16-18-27)30(4,5)6/h7-20H,1,3H2,2,4-6H3/b29-21+. The molecule has 0 aliphatic carbocycles. The number of carbonyl (C=O) groups is 1. The van der Waals surface area contributed by atoms with E-state index in [1.54, 1.807) is 37.3 Å². The summed E-state index contributed by atoms with van der Waals surface area (Å²) in [5.41, 5.74) is 5.09. The van der Waals surface area contributed by atoms with Crippen LogP contribution in [0.4, 0.5) is 0 Å². The fourth-order valence-electron chi connectivity index (χ4n) is 3.82. The summed E-state index contributed by atoms with van der Waals surface area (Å²) < 4.78 is 26.8. The lowest BCUT2D eigenvalue weighted by molar-refractivity contribution is -0.104. The zero-order chi connectivity index (χ0) is 25.1. The van der Waals surface area contributed by atoms with Crippen LogP contribution in [-0.4, -0.2) is 14.7 Å². The van der Waals surface area contributed by atoms with Crippen LogP contribution in [0.5, 0.6) is 0 Å². The van der Waals surface area contributed by atoms with Crippen LogP contribution in [0.1, 0.15) is 55.5 Å². The molecule has 3 nitrogen and oxygen atoms in total. The Labute approximate surface area is 203 Å². The topological polar surface area (TPSA) is 51.2 Å². The third-order valence-electron chi connectivity index (χ3n) is 5.85. The maximum Gasteiger partial charge on any atom is 0.206 e. The zero-order valence-electron chi connectivity index (χ0n) is 20.1. The van der Waals surface area contributed by atoms with Crippen molar-refractivity contribution < 1.29 is 13.2 Å². The Morgan fingerprint density at radius 2 is 1.50 bits per heavy atom. The highest BCUT2D eigenvalue weighted by Crippen LogP contribution is 2.34. The van der Waals surface area contributed by atoms with E-state index in [4.69, 9.17) is 0 Å². The minimum Gasteiger partial charge on any atom is -0.298 e. The molecule has 3 aromatic rings. The molecule has 0 spiro atoms. The van der Waals surface area contributed by atoms with Crippen molar-refractivity contribution in [2.24, 2.45) is 0 Å². The van der Waals surface area contributed by atoms with Gasteiger partial charge in [0.05, 0.1) is 9.80 Å². The van der Waals surface area contributed by atoms with Crippen molar-refractivity contribution in [3.05, 3.63) is 119 Å². The molecule has 0 saturated carbocycles. The Morgan fingerprint density at radius 3 is 2.03 bits per heavy atom. The van der Waals surface area contributed by atoms with Gasteiger partial charge < -0.3 is 0 Å². The molecule has 0 aliphatic heterocycles. The first kappa shape index (κ1) is 25.1. The Balaban J connectivity index is 2.13. The summed E-state index contributed by atoms with van der Waals surface area (Å²) in [6, 6.07) is 21.8. The van der Waals surface area contributed by atoms with Gasteiger partial charge in [-0.05, 0) is 69.5 Å². The van der Waals surface area contributed by atoms with E-state index < -0.39 is 9.84 Å². The SMILES string of the molecule is C=Cc1ccc(C(=C)S(=O)(=O)c2ccc(C(C)(C)C)cc2)cc1/C(=C(\C)C=O)c1ccccc1. The van der Waals surface area contributed by atoms with Crippen LogP contribution in [0.2, 0.25) is 0 Å². The second kappa shape index (κ2) is 9.78. The van der Waals surface area contributed by atoms with E-state index >= 15 is 0 Å². The van der Waals surface area contributed by atoms with Gasteiger partial charge in [0.25, 0.3) is 0 Å². The first-order valence-corrected chi connectivity index (χ1v) is 12.5. The molecular weight excluding hydrogens is 440 g/mol. The van der Waals surface area contributed by atoms with Gasteiger partial charge in [0.1, 0.15) is 6.29 Å². The summed E-state index contributed by atoms with van der Waals surface area (Å²) in [5.74, 6) is 0. The lowest BCUT2D eigenvalue weighted by atomic mass is 9.87. The van der Waals surface area contributed by atoms with E-state index in [2.05, 4.69) is 33.9 Å². The van der Waals surface area contributed by atoms with Crippen molar-refractivity contribution in [3.8, 4) is 0 Å². The van der Waals surface area contributed by atoms with Gasteiger partial charge in [-0.3, -0.25) is 4.79 Å². The molecule has 0 radical (unpaired) electrons. The molecule has 0 unspecified atom stereocenters. The van der Waals surface area contributed by atoms with Crippen molar-refractivity contribution in [2.45, 2.75) is 38.0 Å². The highest BCUT2D eigenvalue weighted by atomic mass is 32.2. The zero-order valence-corrected chi connectivity index (χ0v) is 20.9. The third-order valence-corrected chi connectivity index (χ3v) is 7.63. The predicted octanol–water partition coefficient (Wildman–Crippen LogP) is 7.09. The number of aldehydes is 1. The smallest absolute Gasteiger partial charge is 0.206 e. The molecular formula is C30H30O3S. The number of carbonyl (C=O) groups excluding carboxylic acids is 1. The van der Waals surface area contributed by atoms with Crippen molar-refractivity contribution >= 4 is 32.7 Å². The Kier molecular flexibility index (Phi) is 7.23. The minimum absolute atomic E-state index is 0.00374. The summed E-state index contributed by atoms with van der Waals surface area (Å²) in [6.45, 7) is 15.8. The van der Waals surface area contributed by atoms with Gasteiger partial charge in [-0.25, -0.2) is 8.42 Å². The predicted molar refractivity (Wildman–Crippen MR) is 142 cm³/mol. The van der Waals surface area contributed by atoms with Crippen molar-refractivity contribution in [3.63, 3.8) is 0 Å². The van der Waals surface area contributed by atoms with Crippen LogP contribution in [0, 0.1) is 0 Å². The minimum atomic E-state index is -3.81. The molecule has 0 aliphatic rings. The molecule has 174 valence electrons. The number of rotatable bonds is 7. The fourth-order valence-corrected chi connectivity index (χ4v) is 5.03. The summed E-state index contributed by atoms with van der Waals surface area (Å²) >= 11 is 0. The molecule has 0 heterocycles. The Bertz CT molecular complexity index is 1370.